The monoisotopic (exact) mass is 379 g/mol. The third-order valence-corrected chi connectivity index (χ3v) is 6.22. The number of sulfonamides is 1. The third-order valence-electron chi connectivity index (χ3n) is 3.76. The fraction of sp³-hybridized carbons (Fsp3) is 0.200. The summed E-state index contributed by atoms with van der Waals surface area (Å²) in [7, 11) is -4.12. The SMILES string of the molecule is Cc1nc2scc(C)n2c(=O)c1S(=O)(=O)Nc1ccc2c(c1)OCO2. The molecule has 0 fully saturated rings. The molecule has 4 rings (SSSR count). The third kappa shape index (κ3) is 2.53. The number of hydrogen-bond donors (Lipinski definition) is 1. The molecule has 0 unspecified atom stereocenters. The minimum Gasteiger partial charge on any atom is -0.454 e. The van der Waals surface area contributed by atoms with Crippen molar-refractivity contribution in [3.8, 4) is 11.5 Å². The molecule has 0 atom stereocenters. The summed E-state index contributed by atoms with van der Waals surface area (Å²) in [6.45, 7) is 3.32. The van der Waals surface area contributed by atoms with Gasteiger partial charge in [-0.05, 0) is 26.0 Å². The number of fused-ring (bicyclic) bond motifs is 2. The van der Waals surface area contributed by atoms with Crippen LogP contribution in [0.2, 0.25) is 0 Å². The number of ether oxygens (including phenoxy) is 2. The molecule has 3 aromatic rings. The molecule has 1 aliphatic rings. The molecule has 10 heteroatoms. The molecule has 0 amide bonds. The number of hydrogen-bond acceptors (Lipinski definition) is 7. The molecule has 1 aliphatic heterocycles. The summed E-state index contributed by atoms with van der Waals surface area (Å²) in [5, 5.41) is 1.75. The van der Waals surface area contributed by atoms with Gasteiger partial charge < -0.3 is 9.47 Å². The molecule has 0 saturated heterocycles. The lowest BCUT2D eigenvalue weighted by Gasteiger charge is -2.10. The first-order valence-electron chi connectivity index (χ1n) is 7.27. The predicted molar refractivity (Wildman–Crippen MR) is 92.2 cm³/mol. The van der Waals surface area contributed by atoms with E-state index in [0.29, 0.717) is 22.2 Å². The number of anilines is 1. The normalized spacial score (nSPS) is 13.4. The Bertz CT molecular complexity index is 1160. The fourth-order valence-electron chi connectivity index (χ4n) is 2.64. The molecule has 0 saturated carbocycles. The van der Waals surface area contributed by atoms with Gasteiger partial charge in [0.2, 0.25) is 6.79 Å². The average molecular weight is 379 g/mol. The lowest BCUT2D eigenvalue weighted by molar-refractivity contribution is 0.174. The first kappa shape index (κ1) is 15.9. The number of aromatic nitrogens is 2. The van der Waals surface area contributed by atoms with Gasteiger partial charge in [-0.2, -0.15) is 0 Å². The van der Waals surface area contributed by atoms with Crippen LogP contribution < -0.4 is 19.8 Å². The zero-order valence-electron chi connectivity index (χ0n) is 13.3. The Balaban J connectivity index is 1.82. The topological polar surface area (TPSA) is 99.0 Å². The van der Waals surface area contributed by atoms with Crippen molar-refractivity contribution < 1.29 is 17.9 Å². The van der Waals surface area contributed by atoms with Crippen LogP contribution in [0.15, 0.2) is 33.3 Å². The first-order valence-corrected chi connectivity index (χ1v) is 9.63. The van der Waals surface area contributed by atoms with E-state index in [4.69, 9.17) is 9.47 Å². The van der Waals surface area contributed by atoms with Crippen molar-refractivity contribution in [1.29, 1.82) is 0 Å². The second-order valence-corrected chi connectivity index (χ2v) is 7.96. The average Bonchev–Trinajstić information content (AvgIpc) is 3.12. The van der Waals surface area contributed by atoms with Crippen molar-refractivity contribution >= 4 is 32.0 Å². The summed E-state index contributed by atoms with van der Waals surface area (Å²) >= 11 is 1.29. The van der Waals surface area contributed by atoms with E-state index < -0.39 is 15.6 Å². The zero-order valence-corrected chi connectivity index (χ0v) is 14.9. The van der Waals surface area contributed by atoms with Crippen molar-refractivity contribution in [2.75, 3.05) is 11.5 Å². The second-order valence-electron chi connectivity index (χ2n) is 5.50. The molecule has 2 aromatic heterocycles. The molecule has 0 spiro atoms. The van der Waals surface area contributed by atoms with Gasteiger partial charge in [0.05, 0.1) is 11.4 Å². The van der Waals surface area contributed by atoms with Gasteiger partial charge in [-0.3, -0.25) is 13.9 Å². The van der Waals surface area contributed by atoms with E-state index in [1.54, 1.807) is 24.4 Å². The quantitative estimate of drug-likeness (QED) is 0.746. The van der Waals surface area contributed by atoms with Crippen LogP contribution in [0.5, 0.6) is 11.5 Å². The minimum absolute atomic E-state index is 0.0873. The molecule has 130 valence electrons. The van der Waals surface area contributed by atoms with E-state index in [1.165, 1.54) is 28.7 Å². The molecular formula is C15H13N3O5S2. The van der Waals surface area contributed by atoms with Gasteiger partial charge in [-0.1, -0.05) is 0 Å². The molecule has 0 bridgehead atoms. The largest absolute Gasteiger partial charge is 0.454 e. The van der Waals surface area contributed by atoms with Gasteiger partial charge in [0.1, 0.15) is 0 Å². The van der Waals surface area contributed by atoms with E-state index in [-0.39, 0.29) is 23.1 Å². The standard InChI is InChI=1S/C15H13N3O5S2/c1-8-6-24-15-16-9(2)13(14(19)18(8)15)25(20,21)17-10-3-4-11-12(5-10)23-7-22-11/h3-6,17H,7H2,1-2H3. The molecule has 8 nitrogen and oxygen atoms in total. The van der Waals surface area contributed by atoms with E-state index in [2.05, 4.69) is 9.71 Å². The van der Waals surface area contributed by atoms with Crippen LogP contribution in [-0.4, -0.2) is 24.6 Å². The van der Waals surface area contributed by atoms with Gasteiger partial charge >= 0.3 is 0 Å². The summed E-state index contributed by atoms with van der Waals surface area (Å²) in [6, 6.07) is 4.65. The zero-order chi connectivity index (χ0) is 17.8. The van der Waals surface area contributed by atoms with Gasteiger partial charge in [-0.25, -0.2) is 13.4 Å². The Hall–Kier alpha value is -2.59. The molecule has 0 radical (unpaired) electrons. The van der Waals surface area contributed by atoms with Gasteiger partial charge in [0, 0.05) is 17.1 Å². The van der Waals surface area contributed by atoms with E-state index in [0.717, 1.165) is 0 Å². The number of rotatable bonds is 3. The molecule has 3 heterocycles. The number of benzene rings is 1. The van der Waals surface area contributed by atoms with Crippen LogP contribution in [0.4, 0.5) is 5.69 Å². The highest BCUT2D eigenvalue weighted by molar-refractivity contribution is 7.92. The Morgan fingerprint density at radius 1 is 1.24 bits per heavy atom. The van der Waals surface area contributed by atoms with E-state index in [1.807, 2.05) is 0 Å². The van der Waals surface area contributed by atoms with Crippen LogP contribution in [0.25, 0.3) is 4.96 Å². The predicted octanol–water partition coefficient (Wildman–Crippen LogP) is 1.90. The summed E-state index contributed by atoms with van der Waals surface area (Å²) in [5.74, 6) is 0.979. The van der Waals surface area contributed by atoms with Crippen LogP contribution in [0, 0.1) is 13.8 Å². The van der Waals surface area contributed by atoms with Gasteiger partial charge in [0.15, 0.2) is 21.4 Å². The Morgan fingerprint density at radius 3 is 2.80 bits per heavy atom. The number of nitrogens with one attached hydrogen (secondary N) is 1. The van der Waals surface area contributed by atoms with Gasteiger partial charge in [-0.15, -0.1) is 11.3 Å². The Kier molecular flexibility index (Phi) is 3.48. The maximum atomic E-state index is 12.8. The second kappa shape index (κ2) is 5.46. The number of aryl methyl sites for hydroxylation is 2. The van der Waals surface area contributed by atoms with Crippen LogP contribution >= 0.6 is 11.3 Å². The maximum absolute atomic E-state index is 12.8. The highest BCUT2D eigenvalue weighted by Gasteiger charge is 2.26. The minimum atomic E-state index is -4.12. The number of nitrogens with zero attached hydrogens (tertiary/aromatic N) is 2. The number of thiazole rings is 1. The first-order chi connectivity index (χ1) is 11.9. The van der Waals surface area contributed by atoms with Crippen molar-refractivity contribution in [3.05, 3.63) is 45.3 Å². The highest BCUT2D eigenvalue weighted by Crippen LogP contribution is 2.34. The lowest BCUT2D eigenvalue weighted by atomic mass is 10.3. The lowest BCUT2D eigenvalue weighted by Crippen LogP contribution is -2.28. The molecule has 0 aliphatic carbocycles. The van der Waals surface area contributed by atoms with Crippen molar-refractivity contribution in [3.63, 3.8) is 0 Å². The Labute approximate surface area is 146 Å². The van der Waals surface area contributed by atoms with Crippen molar-refractivity contribution in [2.24, 2.45) is 0 Å². The van der Waals surface area contributed by atoms with Crippen molar-refractivity contribution in [2.45, 2.75) is 18.7 Å². The van der Waals surface area contributed by atoms with Crippen LogP contribution in [0.1, 0.15) is 11.4 Å². The summed E-state index contributed by atoms with van der Waals surface area (Å²) in [4.78, 5) is 17.1. The molecular weight excluding hydrogens is 366 g/mol. The maximum Gasteiger partial charge on any atom is 0.279 e. The Morgan fingerprint density at radius 2 is 2.00 bits per heavy atom. The van der Waals surface area contributed by atoms with E-state index in [9.17, 15) is 13.2 Å². The van der Waals surface area contributed by atoms with Gasteiger partial charge in [0.25, 0.3) is 15.6 Å². The molecule has 1 N–H and O–H groups in total. The highest BCUT2D eigenvalue weighted by atomic mass is 32.2. The van der Waals surface area contributed by atoms with Crippen LogP contribution in [-0.2, 0) is 10.0 Å². The molecule has 25 heavy (non-hydrogen) atoms. The van der Waals surface area contributed by atoms with Crippen LogP contribution in [0.3, 0.4) is 0 Å². The summed E-state index contributed by atoms with van der Waals surface area (Å²) in [6.07, 6.45) is 0. The smallest absolute Gasteiger partial charge is 0.279 e. The van der Waals surface area contributed by atoms with E-state index >= 15 is 0 Å². The fourth-order valence-corrected chi connectivity index (χ4v) is 4.84. The summed E-state index contributed by atoms with van der Waals surface area (Å²) < 4.78 is 39.7. The molecule has 1 aromatic carbocycles. The van der Waals surface area contributed by atoms with Crippen molar-refractivity contribution in [1.82, 2.24) is 9.38 Å². The summed E-state index contributed by atoms with van der Waals surface area (Å²) in [5.41, 5.74) is 0.446.